The van der Waals surface area contributed by atoms with Crippen molar-refractivity contribution in [2.24, 2.45) is 7.05 Å². The average molecular weight is 361 g/mol. The molecule has 2 heterocycles. The fourth-order valence-electron chi connectivity index (χ4n) is 3.19. The molecule has 1 amide bonds. The highest BCUT2D eigenvalue weighted by Gasteiger charge is 2.28. The Morgan fingerprint density at radius 2 is 1.92 bits per heavy atom. The quantitative estimate of drug-likeness (QED) is 0.802. The lowest BCUT2D eigenvalue weighted by atomic mass is 10.1. The average Bonchev–Trinajstić information content (AvgIpc) is 2.85. The summed E-state index contributed by atoms with van der Waals surface area (Å²) in [6.45, 7) is 6.78. The number of piperidine rings is 1. The first kappa shape index (κ1) is 18.2. The summed E-state index contributed by atoms with van der Waals surface area (Å²) in [7, 11) is 1.76. The highest BCUT2D eigenvalue weighted by atomic mass is 16.6. The van der Waals surface area contributed by atoms with Crippen LogP contribution >= 0.6 is 0 Å². The van der Waals surface area contributed by atoms with Gasteiger partial charge in [0.15, 0.2) is 0 Å². The fourth-order valence-corrected chi connectivity index (χ4v) is 3.19. The topological polar surface area (TPSA) is 90.0 Å². The predicted octanol–water partition coefficient (Wildman–Crippen LogP) is 3.24. The Kier molecular flexibility index (Phi) is 4.64. The van der Waals surface area contributed by atoms with Gasteiger partial charge in [0, 0.05) is 50.2 Å². The molecule has 0 bridgehead atoms. The number of aromatic hydroxyl groups is 1. The van der Waals surface area contributed by atoms with Crippen molar-refractivity contribution in [3.05, 3.63) is 18.3 Å². The number of carbonyl (C=O) groups excluding carboxylic acids is 1. The van der Waals surface area contributed by atoms with Gasteiger partial charge < -0.3 is 29.8 Å². The lowest BCUT2D eigenvalue weighted by Crippen LogP contribution is -2.44. The van der Waals surface area contributed by atoms with Crippen LogP contribution in [0.25, 0.3) is 10.8 Å². The van der Waals surface area contributed by atoms with Crippen molar-refractivity contribution in [1.82, 2.24) is 9.47 Å². The Labute approximate surface area is 153 Å². The number of aromatic nitrogens is 1. The first-order valence-corrected chi connectivity index (χ1v) is 8.87. The van der Waals surface area contributed by atoms with E-state index < -0.39 is 5.60 Å². The second-order valence-electron chi connectivity index (χ2n) is 7.79. The smallest absolute Gasteiger partial charge is 0.410 e. The molecule has 26 heavy (non-hydrogen) atoms. The van der Waals surface area contributed by atoms with E-state index in [9.17, 15) is 9.90 Å². The minimum atomic E-state index is -0.491. The molecule has 1 saturated heterocycles. The molecule has 1 aliphatic rings. The summed E-state index contributed by atoms with van der Waals surface area (Å²) in [6, 6.07) is 3.57. The maximum atomic E-state index is 12.1. The number of nitrogens with zero attached hydrogens (tertiary/aromatic N) is 2. The summed E-state index contributed by atoms with van der Waals surface area (Å²) in [6.07, 6.45) is 2.99. The van der Waals surface area contributed by atoms with Crippen molar-refractivity contribution < 1.29 is 19.4 Å². The van der Waals surface area contributed by atoms with E-state index in [0.29, 0.717) is 29.9 Å². The number of nitrogens with two attached hydrogens (primary N) is 1. The van der Waals surface area contributed by atoms with E-state index in [0.717, 1.165) is 18.2 Å². The predicted molar refractivity (Wildman–Crippen MR) is 100 cm³/mol. The Morgan fingerprint density at radius 3 is 2.54 bits per heavy atom. The Bertz CT molecular complexity index is 814. The number of ether oxygens (including phenoxy) is 2. The van der Waals surface area contributed by atoms with Gasteiger partial charge in [0.05, 0.1) is 5.39 Å². The van der Waals surface area contributed by atoms with Crippen LogP contribution in [0, 0.1) is 0 Å². The molecule has 0 saturated carbocycles. The maximum Gasteiger partial charge on any atom is 0.410 e. The third-order valence-corrected chi connectivity index (χ3v) is 4.51. The largest absolute Gasteiger partial charge is 0.494 e. The number of rotatable bonds is 2. The molecular weight excluding hydrogens is 334 g/mol. The van der Waals surface area contributed by atoms with Crippen molar-refractivity contribution in [2.45, 2.75) is 45.3 Å². The first-order valence-electron chi connectivity index (χ1n) is 8.87. The molecule has 3 N–H and O–H groups in total. The SMILES string of the molecule is Cn1cc2c(OC3CCN(C(=O)OC(C)(C)C)CC3)ccc(N)c2c1O. The summed E-state index contributed by atoms with van der Waals surface area (Å²) < 4.78 is 13.2. The summed E-state index contributed by atoms with van der Waals surface area (Å²) in [5.74, 6) is 0.823. The van der Waals surface area contributed by atoms with E-state index in [-0.39, 0.29) is 18.1 Å². The first-order chi connectivity index (χ1) is 12.2. The molecule has 3 rings (SSSR count). The zero-order valence-electron chi connectivity index (χ0n) is 15.8. The van der Waals surface area contributed by atoms with Gasteiger partial charge in [-0.15, -0.1) is 0 Å². The highest BCUT2D eigenvalue weighted by molar-refractivity contribution is 6.01. The molecule has 0 radical (unpaired) electrons. The molecule has 1 fully saturated rings. The molecule has 1 aromatic carbocycles. The zero-order valence-corrected chi connectivity index (χ0v) is 15.8. The summed E-state index contributed by atoms with van der Waals surface area (Å²) in [5.41, 5.74) is 6.02. The highest BCUT2D eigenvalue weighted by Crippen LogP contribution is 2.38. The van der Waals surface area contributed by atoms with Gasteiger partial charge in [-0.2, -0.15) is 0 Å². The molecular formula is C19H27N3O4. The fraction of sp³-hybridized carbons (Fsp3) is 0.526. The van der Waals surface area contributed by atoms with Gasteiger partial charge in [0.1, 0.15) is 17.5 Å². The van der Waals surface area contributed by atoms with Crippen molar-refractivity contribution in [1.29, 1.82) is 0 Å². The number of aryl methyl sites for hydroxylation is 1. The van der Waals surface area contributed by atoms with Crippen molar-refractivity contribution in [3.8, 4) is 11.6 Å². The van der Waals surface area contributed by atoms with Gasteiger partial charge in [0.2, 0.25) is 5.88 Å². The van der Waals surface area contributed by atoms with E-state index in [1.165, 1.54) is 0 Å². The van der Waals surface area contributed by atoms with Crippen LogP contribution in [0.2, 0.25) is 0 Å². The molecule has 1 aromatic heterocycles. The van der Waals surface area contributed by atoms with Gasteiger partial charge in [-0.05, 0) is 32.9 Å². The second-order valence-corrected chi connectivity index (χ2v) is 7.79. The Balaban J connectivity index is 1.67. The number of fused-ring (bicyclic) bond motifs is 1. The van der Waals surface area contributed by atoms with Crippen molar-refractivity contribution >= 4 is 22.6 Å². The van der Waals surface area contributed by atoms with Gasteiger partial charge in [-0.1, -0.05) is 0 Å². The lowest BCUT2D eigenvalue weighted by Gasteiger charge is -2.33. The number of anilines is 1. The third kappa shape index (κ3) is 3.66. The molecule has 0 spiro atoms. The minimum Gasteiger partial charge on any atom is -0.494 e. The maximum absolute atomic E-state index is 12.1. The van der Waals surface area contributed by atoms with E-state index >= 15 is 0 Å². The molecule has 0 unspecified atom stereocenters. The molecule has 142 valence electrons. The Morgan fingerprint density at radius 1 is 1.27 bits per heavy atom. The number of hydrogen-bond acceptors (Lipinski definition) is 5. The monoisotopic (exact) mass is 361 g/mol. The van der Waals surface area contributed by atoms with Gasteiger partial charge in [-0.25, -0.2) is 4.79 Å². The van der Waals surface area contributed by atoms with Crippen LogP contribution < -0.4 is 10.5 Å². The second kappa shape index (κ2) is 6.63. The summed E-state index contributed by atoms with van der Waals surface area (Å²) >= 11 is 0. The molecule has 0 atom stereocenters. The number of carbonyl (C=O) groups is 1. The van der Waals surface area contributed by atoms with Gasteiger partial charge in [0.25, 0.3) is 0 Å². The standard InChI is InChI=1S/C19H27N3O4/c1-19(2,3)26-18(24)22-9-7-12(8-10-22)25-15-6-5-14(20)16-13(15)11-21(4)17(16)23/h5-6,11-12,23H,7-10,20H2,1-4H3. The number of benzene rings is 1. The minimum absolute atomic E-state index is 0.00265. The number of hydrogen-bond donors (Lipinski definition) is 2. The van der Waals surface area contributed by atoms with Crippen LogP contribution in [0.4, 0.5) is 10.5 Å². The van der Waals surface area contributed by atoms with E-state index in [1.807, 2.05) is 33.0 Å². The van der Waals surface area contributed by atoms with E-state index in [2.05, 4.69) is 0 Å². The van der Waals surface area contributed by atoms with Gasteiger partial charge >= 0.3 is 6.09 Å². The van der Waals surface area contributed by atoms with Gasteiger partial charge in [-0.3, -0.25) is 0 Å². The van der Waals surface area contributed by atoms with Crippen molar-refractivity contribution in [2.75, 3.05) is 18.8 Å². The van der Waals surface area contributed by atoms with Crippen LogP contribution in [-0.2, 0) is 11.8 Å². The van der Waals surface area contributed by atoms with Crippen LogP contribution in [0.1, 0.15) is 33.6 Å². The van der Waals surface area contributed by atoms with Crippen LogP contribution in [0.15, 0.2) is 18.3 Å². The summed E-state index contributed by atoms with van der Waals surface area (Å²) in [4.78, 5) is 13.9. The third-order valence-electron chi connectivity index (χ3n) is 4.51. The molecule has 7 nitrogen and oxygen atoms in total. The molecule has 2 aromatic rings. The lowest BCUT2D eigenvalue weighted by molar-refractivity contribution is 0.0128. The van der Waals surface area contributed by atoms with E-state index in [1.54, 1.807) is 22.6 Å². The molecule has 1 aliphatic heterocycles. The van der Waals surface area contributed by atoms with Crippen LogP contribution in [-0.4, -0.2) is 45.5 Å². The zero-order chi connectivity index (χ0) is 19.1. The van der Waals surface area contributed by atoms with Crippen LogP contribution in [0.5, 0.6) is 11.6 Å². The molecule has 0 aliphatic carbocycles. The van der Waals surface area contributed by atoms with Crippen LogP contribution in [0.3, 0.4) is 0 Å². The number of amides is 1. The number of likely N-dealkylation sites (tertiary alicyclic amines) is 1. The Hall–Kier alpha value is -2.57. The number of nitrogen functional groups attached to an aromatic ring is 1. The molecule has 7 heteroatoms. The van der Waals surface area contributed by atoms with E-state index in [4.69, 9.17) is 15.2 Å². The summed E-state index contributed by atoms with van der Waals surface area (Å²) in [5, 5.41) is 11.6. The van der Waals surface area contributed by atoms with Crippen molar-refractivity contribution in [3.63, 3.8) is 0 Å². The normalized spacial score (nSPS) is 16.1.